The van der Waals surface area contributed by atoms with E-state index in [0.717, 1.165) is 54.1 Å². The van der Waals surface area contributed by atoms with E-state index in [1.165, 1.54) is 19.3 Å². The third kappa shape index (κ3) is 2.88. The van der Waals surface area contributed by atoms with E-state index in [1.807, 2.05) is 23.7 Å². The molecular weight excluding hydrogens is 459 g/mol. The quantitative estimate of drug-likeness (QED) is 0.543. The maximum absolute atomic E-state index is 10.8. The summed E-state index contributed by atoms with van der Waals surface area (Å²) >= 11 is 13.3. The molecule has 3 aromatic rings. The van der Waals surface area contributed by atoms with Gasteiger partial charge in [0.15, 0.2) is 5.15 Å². The Kier molecular flexibility index (Phi) is 4.14. The van der Waals surface area contributed by atoms with Crippen molar-refractivity contribution in [2.75, 3.05) is 23.3 Å². The van der Waals surface area contributed by atoms with Crippen LogP contribution in [0.4, 0.5) is 17.3 Å². The third-order valence-corrected chi connectivity index (χ3v) is 9.47. The van der Waals surface area contributed by atoms with Crippen LogP contribution in [0.1, 0.15) is 39.0 Å². The fraction of sp³-hybridized carbons (Fsp3) is 0.542. The number of nitrogens with zero attached hydrogens (tertiary/aromatic N) is 5. The van der Waals surface area contributed by atoms with Gasteiger partial charge < -0.3 is 15.3 Å². The van der Waals surface area contributed by atoms with E-state index in [1.54, 1.807) is 12.4 Å². The molecule has 0 spiro atoms. The lowest BCUT2D eigenvalue weighted by atomic mass is 9.50. The Labute approximate surface area is 202 Å². The molecule has 8 rings (SSSR count). The first-order valence-corrected chi connectivity index (χ1v) is 12.5. The highest BCUT2D eigenvalue weighted by Gasteiger charge is 2.59. The summed E-state index contributed by atoms with van der Waals surface area (Å²) in [6.45, 7) is 3.60. The van der Waals surface area contributed by atoms with E-state index in [2.05, 4.69) is 20.3 Å². The number of aromatic nitrogens is 4. The lowest BCUT2D eigenvalue weighted by Crippen LogP contribution is -2.59. The monoisotopic (exact) mass is 484 g/mol. The van der Waals surface area contributed by atoms with Gasteiger partial charge in [-0.05, 0) is 57.1 Å². The van der Waals surface area contributed by atoms with Crippen molar-refractivity contribution in [3.8, 4) is 0 Å². The number of anilines is 3. The Morgan fingerprint density at radius 1 is 1.09 bits per heavy atom. The molecule has 4 saturated carbocycles. The minimum atomic E-state index is -0.581. The Balaban J connectivity index is 1.18. The predicted molar refractivity (Wildman–Crippen MR) is 129 cm³/mol. The first-order valence-electron chi connectivity index (χ1n) is 11.8. The molecule has 4 bridgehead atoms. The Bertz CT molecular complexity index is 1260. The van der Waals surface area contributed by atoms with Crippen LogP contribution in [0.2, 0.25) is 10.2 Å². The third-order valence-electron chi connectivity index (χ3n) is 8.80. The van der Waals surface area contributed by atoms with Crippen molar-refractivity contribution in [1.29, 1.82) is 0 Å². The molecule has 0 amide bonds. The van der Waals surface area contributed by atoms with Crippen LogP contribution in [-0.4, -0.2) is 43.5 Å². The molecule has 172 valence electrons. The fourth-order valence-electron chi connectivity index (χ4n) is 6.58. The second kappa shape index (κ2) is 6.74. The van der Waals surface area contributed by atoms with E-state index in [-0.39, 0.29) is 17.4 Å². The van der Waals surface area contributed by atoms with Gasteiger partial charge in [-0.15, -0.1) is 0 Å². The number of hydrogen-bond donors (Lipinski definition) is 2. The van der Waals surface area contributed by atoms with Crippen LogP contribution in [0.5, 0.6) is 0 Å². The molecule has 5 aliphatic rings. The Hall–Kier alpha value is -2.09. The van der Waals surface area contributed by atoms with E-state index >= 15 is 0 Å². The first-order chi connectivity index (χ1) is 15.8. The number of rotatable bonds is 4. The molecule has 0 radical (unpaired) electrons. The van der Waals surface area contributed by atoms with E-state index < -0.39 is 5.60 Å². The first kappa shape index (κ1) is 20.3. The van der Waals surface area contributed by atoms with Crippen LogP contribution in [0.25, 0.3) is 10.9 Å². The SMILES string of the molecule is CC1(O)C2CCC1CN(c1cc3nc(Nc4cnn(C56CC(C5)C6)c4Cl)ncc3cc1Cl)C2. The van der Waals surface area contributed by atoms with Crippen molar-refractivity contribution in [3.05, 3.63) is 34.7 Å². The van der Waals surface area contributed by atoms with Crippen LogP contribution in [0.15, 0.2) is 24.5 Å². The lowest BCUT2D eigenvalue weighted by Gasteiger charge is -2.61. The summed E-state index contributed by atoms with van der Waals surface area (Å²) in [6.07, 6.45) is 9.20. The number of nitrogens with one attached hydrogen (secondary N) is 1. The number of aliphatic hydroxyl groups is 1. The maximum atomic E-state index is 10.8. The minimum absolute atomic E-state index is 0.135. The Morgan fingerprint density at radius 3 is 2.48 bits per heavy atom. The van der Waals surface area contributed by atoms with Crippen LogP contribution in [0, 0.1) is 17.8 Å². The van der Waals surface area contributed by atoms with Crippen LogP contribution in [0.3, 0.4) is 0 Å². The zero-order valence-corrected chi connectivity index (χ0v) is 19.9. The summed E-state index contributed by atoms with van der Waals surface area (Å²) in [5, 5.41) is 20.8. The van der Waals surface area contributed by atoms with Gasteiger partial charge in [0, 0.05) is 36.5 Å². The molecule has 7 nitrogen and oxygen atoms in total. The largest absolute Gasteiger partial charge is 0.389 e. The molecule has 2 aromatic heterocycles. The van der Waals surface area contributed by atoms with Crippen LogP contribution in [-0.2, 0) is 5.54 Å². The molecule has 3 heterocycles. The number of piperidine rings is 1. The highest BCUT2D eigenvalue weighted by Crippen LogP contribution is 2.63. The van der Waals surface area contributed by atoms with Gasteiger partial charge in [0.2, 0.25) is 5.95 Å². The number of halogens is 2. The maximum Gasteiger partial charge on any atom is 0.227 e. The molecular formula is C24H26Cl2N6O. The summed E-state index contributed by atoms with van der Waals surface area (Å²) in [5.74, 6) is 1.88. The van der Waals surface area contributed by atoms with Gasteiger partial charge in [0.1, 0.15) is 0 Å². The van der Waals surface area contributed by atoms with Gasteiger partial charge in [-0.1, -0.05) is 23.2 Å². The summed E-state index contributed by atoms with van der Waals surface area (Å²) < 4.78 is 1.97. The van der Waals surface area contributed by atoms with Crippen molar-refractivity contribution < 1.29 is 5.11 Å². The fourth-order valence-corrected chi connectivity index (χ4v) is 7.19. The standard InChI is InChI=1S/C24H26Cl2N6O/c1-23(33)15-2-3-16(23)12-31(11-15)20-5-18-14(4-17(20)25)9-27-22(29-18)30-19-10-28-32(21(19)26)24-6-13(7-24)8-24/h4-5,9-10,13,15-16,33H,2-3,6-8,11-12H2,1H3,(H,27,29,30). The van der Waals surface area contributed by atoms with E-state index in [0.29, 0.717) is 16.1 Å². The van der Waals surface area contributed by atoms with Crippen LogP contribution >= 0.6 is 23.2 Å². The minimum Gasteiger partial charge on any atom is -0.389 e. The molecule has 2 N–H and O–H groups in total. The van der Waals surface area contributed by atoms with Crippen molar-refractivity contribution in [3.63, 3.8) is 0 Å². The average Bonchev–Trinajstić information content (AvgIpc) is 3.08. The van der Waals surface area contributed by atoms with Crippen molar-refractivity contribution in [1.82, 2.24) is 19.7 Å². The topological polar surface area (TPSA) is 79.1 Å². The molecule has 4 aliphatic carbocycles. The lowest BCUT2D eigenvalue weighted by molar-refractivity contribution is -0.0975. The van der Waals surface area contributed by atoms with Crippen LogP contribution < -0.4 is 10.2 Å². The van der Waals surface area contributed by atoms with Gasteiger partial charge >= 0.3 is 0 Å². The van der Waals surface area contributed by atoms with Crippen molar-refractivity contribution in [2.24, 2.45) is 17.8 Å². The molecule has 33 heavy (non-hydrogen) atoms. The zero-order chi connectivity index (χ0) is 22.5. The van der Waals surface area contributed by atoms with Gasteiger partial charge in [0.25, 0.3) is 0 Å². The molecule has 2 unspecified atom stereocenters. The molecule has 1 aliphatic heterocycles. The van der Waals surface area contributed by atoms with Gasteiger partial charge in [-0.2, -0.15) is 5.10 Å². The smallest absolute Gasteiger partial charge is 0.227 e. The molecule has 1 saturated heterocycles. The molecule has 1 aromatic carbocycles. The highest BCUT2D eigenvalue weighted by atomic mass is 35.5. The summed E-state index contributed by atoms with van der Waals surface area (Å²) in [7, 11) is 0. The van der Waals surface area contributed by atoms with Gasteiger partial charge in [-0.3, -0.25) is 0 Å². The number of fused-ring (bicyclic) bond motifs is 3. The van der Waals surface area contributed by atoms with Gasteiger partial charge in [-0.25, -0.2) is 14.6 Å². The second-order valence-corrected chi connectivity index (χ2v) is 11.5. The molecule has 9 heteroatoms. The number of benzene rings is 1. The summed E-state index contributed by atoms with van der Waals surface area (Å²) in [6, 6.07) is 3.97. The molecule has 5 fully saturated rings. The summed E-state index contributed by atoms with van der Waals surface area (Å²) in [4.78, 5) is 11.5. The van der Waals surface area contributed by atoms with Crippen molar-refractivity contribution >= 4 is 51.4 Å². The average molecular weight is 485 g/mol. The zero-order valence-electron chi connectivity index (χ0n) is 18.4. The molecule has 2 atom stereocenters. The second-order valence-electron chi connectivity index (χ2n) is 10.7. The summed E-state index contributed by atoms with van der Waals surface area (Å²) in [5.41, 5.74) is 2.07. The Morgan fingerprint density at radius 2 is 1.82 bits per heavy atom. The normalized spacial score (nSPS) is 34.3. The highest BCUT2D eigenvalue weighted by molar-refractivity contribution is 6.34. The van der Waals surface area contributed by atoms with E-state index in [4.69, 9.17) is 28.2 Å². The van der Waals surface area contributed by atoms with Crippen molar-refractivity contribution in [2.45, 2.75) is 50.2 Å². The van der Waals surface area contributed by atoms with Gasteiger partial charge in [0.05, 0.1) is 39.3 Å². The predicted octanol–water partition coefficient (Wildman–Crippen LogP) is 4.98. The number of hydrogen-bond acceptors (Lipinski definition) is 6. The van der Waals surface area contributed by atoms with E-state index in [9.17, 15) is 5.11 Å².